The van der Waals surface area contributed by atoms with Gasteiger partial charge in [-0.3, -0.25) is 0 Å². The maximum Gasteiger partial charge on any atom is 0.338 e. The van der Waals surface area contributed by atoms with Crippen molar-refractivity contribution in [3.63, 3.8) is 0 Å². The summed E-state index contributed by atoms with van der Waals surface area (Å²) in [6.45, 7) is 6.69. The maximum atomic E-state index is 13.1. The zero-order valence-corrected chi connectivity index (χ0v) is 25.9. The van der Waals surface area contributed by atoms with E-state index in [9.17, 15) is 9.59 Å². The summed E-state index contributed by atoms with van der Waals surface area (Å²) in [6, 6.07) is 38.8. The van der Waals surface area contributed by atoms with E-state index in [2.05, 4.69) is 69.3 Å². The highest BCUT2D eigenvalue weighted by atomic mass is 28.4. The van der Waals surface area contributed by atoms with Gasteiger partial charge in [0, 0.05) is 12.8 Å². The molecule has 6 heteroatoms. The van der Waals surface area contributed by atoms with Crippen LogP contribution < -0.4 is 10.4 Å². The Morgan fingerprint density at radius 3 is 1.28 bits per heavy atom. The second-order valence-electron chi connectivity index (χ2n) is 11.9. The molecule has 0 heterocycles. The van der Waals surface area contributed by atoms with Gasteiger partial charge >= 0.3 is 11.9 Å². The third-order valence-corrected chi connectivity index (χ3v) is 12.9. The summed E-state index contributed by atoms with van der Waals surface area (Å²) in [5.74, 6) is -0.807. The van der Waals surface area contributed by atoms with Crippen molar-refractivity contribution in [2.45, 2.75) is 57.0 Å². The quantitative estimate of drug-likeness (QED) is 0.129. The van der Waals surface area contributed by atoms with E-state index in [1.54, 1.807) is 24.3 Å². The average molecular weight is 591 g/mol. The van der Waals surface area contributed by atoms with E-state index in [1.807, 2.05) is 60.7 Å². The SMILES string of the molecule is CC(C)(C)[Si](OC1C[C@H](OC(=O)c2ccccc2)C=C[C@H](OC(=O)c2ccccc2)C1)(c1ccccc1)c1ccccc1. The summed E-state index contributed by atoms with van der Waals surface area (Å²) < 4.78 is 19.5. The van der Waals surface area contributed by atoms with Crippen molar-refractivity contribution in [2.24, 2.45) is 0 Å². The smallest absolute Gasteiger partial charge is 0.338 e. The Bertz CT molecular complexity index is 1410. The number of carbonyl (C=O) groups excluding carboxylic acids is 2. The molecule has 0 saturated heterocycles. The van der Waals surface area contributed by atoms with Crippen LogP contribution in [0, 0.1) is 0 Å². The van der Waals surface area contributed by atoms with Crippen molar-refractivity contribution in [3.8, 4) is 0 Å². The highest BCUT2D eigenvalue weighted by Crippen LogP contribution is 2.39. The standard InChI is InChI=1S/C37H38O5Si/c1-37(2,3)43(33-20-12-6-13-21-33,34-22-14-7-15-23-34)42-32-26-30(40-35(38)28-16-8-4-9-17-28)24-25-31(27-32)41-36(39)29-18-10-5-11-19-29/h4-25,30-32H,26-27H2,1-3H3/t30-,31+,32?. The van der Waals surface area contributed by atoms with Gasteiger partial charge in [0.05, 0.1) is 17.2 Å². The van der Waals surface area contributed by atoms with E-state index in [0.29, 0.717) is 24.0 Å². The Balaban J connectivity index is 1.51. The Hall–Kier alpha value is -4.26. The molecule has 3 atom stereocenters. The van der Waals surface area contributed by atoms with Gasteiger partial charge in [-0.2, -0.15) is 0 Å². The molecule has 0 radical (unpaired) electrons. The first kappa shape index (κ1) is 30.2. The lowest BCUT2D eigenvalue weighted by molar-refractivity contribution is 0.0199. The minimum atomic E-state index is -2.93. The summed E-state index contributed by atoms with van der Waals surface area (Å²) in [7, 11) is -2.93. The molecule has 1 unspecified atom stereocenters. The lowest BCUT2D eigenvalue weighted by Gasteiger charge is -2.45. The lowest BCUT2D eigenvalue weighted by Crippen LogP contribution is -2.68. The molecule has 0 spiro atoms. The molecule has 1 aliphatic carbocycles. The molecule has 5 nitrogen and oxygen atoms in total. The van der Waals surface area contributed by atoms with Crippen LogP contribution in [0.4, 0.5) is 0 Å². The highest BCUT2D eigenvalue weighted by molar-refractivity contribution is 6.99. The second kappa shape index (κ2) is 13.4. The molecule has 43 heavy (non-hydrogen) atoms. The van der Waals surface area contributed by atoms with E-state index >= 15 is 0 Å². The summed E-state index contributed by atoms with van der Waals surface area (Å²) in [5.41, 5.74) is 0.966. The van der Waals surface area contributed by atoms with Gasteiger partial charge in [-0.1, -0.05) is 118 Å². The van der Waals surface area contributed by atoms with Crippen LogP contribution in [0.1, 0.15) is 54.3 Å². The average Bonchev–Trinajstić information content (AvgIpc) is 3.22. The van der Waals surface area contributed by atoms with Crippen LogP contribution in [0.15, 0.2) is 133 Å². The van der Waals surface area contributed by atoms with E-state index in [1.165, 1.54) is 0 Å². The first-order chi connectivity index (χ1) is 20.8. The summed E-state index contributed by atoms with van der Waals surface area (Å²) in [6.07, 6.45) is 3.03. The van der Waals surface area contributed by atoms with E-state index in [0.717, 1.165) is 10.4 Å². The lowest BCUT2D eigenvalue weighted by atomic mass is 10.1. The van der Waals surface area contributed by atoms with Crippen molar-refractivity contribution >= 4 is 30.6 Å². The minimum absolute atomic E-state index is 0.248. The summed E-state index contributed by atoms with van der Waals surface area (Å²) >= 11 is 0. The maximum absolute atomic E-state index is 13.1. The number of esters is 2. The fourth-order valence-electron chi connectivity index (χ4n) is 5.79. The number of ether oxygens (including phenoxy) is 2. The molecule has 0 aromatic heterocycles. The highest BCUT2D eigenvalue weighted by Gasteiger charge is 2.52. The predicted octanol–water partition coefficient (Wildman–Crippen LogP) is 6.73. The summed E-state index contributed by atoms with van der Waals surface area (Å²) in [4.78, 5) is 26.2. The van der Waals surface area contributed by atoms with Gasteiger partial charge in [0.25, 0.3) is 8.32 Å². The zero-order chi connectivity index (χ0) is 30.3. The van der Waals surface area contributed by atoms with Gasteiger partial charge in [0.15, 0.2) is 0 Å². The van der Waals surface area contributed by atoms with E-state index < -0.39 is 32.5 Å². The Kier molecular flexibility index (Phi) is 9.39. The van der Waals surface area contributed by atoms with Gasteiger partial charge in [-0.15, -0.1) is 0 Å². The largest absolute Gasteiger partial charge is 0.454 e. The van der Waals surface area contributed by atoms with E-state index in [4.69, 9.17) is 13.9 Å². The Morgan fingerprint density at radius 2 is 0.930 bits per heavy atom. The first-order valence-electron chi connectivity index (χ1n) is 14.8. The van der Waals surface area contributed by atoms with Crippen LogP contribution in [0.2, 0.25) is 5.04 Å². The molecule has 220 valence electrons. The zero-order valence-electron chi connectivity index (χ0n) is 24.9. The minimum Gasteiger partial charge on any atom is -0.454 e. The van der Waals surface area contributed by atoms with Gasteiger partial charge in [-0.05, 0) is 51.8 Å². The molecule has 4 aromatic carbocycles. The Morgan fingerprint density at radius 1 is 0.581 bits per heavy atom. The summed E-state index contributed by atoms with van der Waals surface area (Å²) in [5, 5.41) is 2.06. The molecule has 5 rings (SSSR count). The van der Waals surface area contributed by atoms with Crippen molar-refractivity contribution in [2.75, 3.05) is 0 Å². The van der Waals surface area contributed by atoms with Gasteiger partial charge in [0.2, 0.25) is 0 Å². The molecule has 0 amide bonds. The number of rotatable bonds is 8. The Labute approximate surface area is 255 Å². The van der Waals surface area contributed by atoms with Crippen LogP contribution >= 0.6 is 0 Å². The second-order valence-corrected chi connectivity index (χ2v) is 16.1. The van der Waals surface area contributed by atoms with Crippen LogP contribution in [0.3, 0.4) is 0 Å². The topological polar surface area (TPSA) is 61.8 Å². The van der Waals surface area contributed by atoms with Crippen LogP contribution in [0.5, 0.6) is 0 Å². The molecule has 0 fully saturated rings. The number of hydrogen-bond acceptors (Lipinski definition) is 5. The van der Waals surface area contributed by atoms with E-state index in [-0.39, 0.29) is 11.1 Å². The van der Waals surface area contributed by atoms with Crippen molar-refractivity contribution < 1.29 is 23.5 Å². The van der Waals surface area contributed by atoms with Gasteiger partial charge in [0.1, 0.15) is 12.2 Å². The van der Waals surface area contributed by atoms with Gasteiger partial charge in [-0.25, -0.2) is 9.59 Å². The van der Waals surface area contributed by atoms with Gasteiger partial charge < -0.3 is 13.9 Å². The third kappa shape index (κ3) is 7.04. The predicted molar refractivity (Wildman–Crippen MR) is 172 cm³/mol. The number of hydrogen-bond donors (Lipinski definition) is 0. The first-order valence-corrected chi connectivity index (χ1v) is 16.7. The fourth-order valence-corrected chi connectivity index (χ4v) is 10.5. The number of carbonyl (C=O) groups is 2. The normalized spacial score (nSPS) is 18.8. The molecule has 0 aliphatic heterocycles. The van der Waals surface area contributed by atoms with Crippen LogP contribution in [0.25, 0.3) is 0 Å². The molecule has 0 bridgehead atoms. The van der Waals surface area contributed by atoms with Crippen molar-refractivity contribution in [1.82, 2.24) is 0 Å². The fraction of sp³-hybridized carbons (Fsp3) is 0.243. The monoisotopic (exact) mass is 590 g/mol. The van der Waals surface area contributed by atoms with Crippen LogP contribution in [-0.2, 0) is 13.9 Å². The van der Waals surface area contributed by atoms with Crippen molar-refractivity contribution in [3.05, 3.63) is 145 Å². The molecule has 1 aliphatic rings. The molecular formula is C37H38O5Si. The van der Waals surface area contributed by atoms with Crippen LogP contribution in [-0.4, -0.2) is 38.6 Å². The molecule has 0 N–H and O–H groups in total. The van der Waals surface area contributed by atoms with Crippen molar-refractivity contribution in [1.29, 1.82) is 0 Å². The molecule has 4 aromatic rings. The number of benzene rings is 4. The third-order valence-electron chi connectivity index (χ3n) is 7.83. The molecular weight excluding hydrogens is 552 g/mol. The molecule has 0 saturated carbocycles.